The maximum Gasteiger partial charge on any atom is 0.338 e. The molecular weight excluding hydrogens is 586 g/mol. The lowest BCUT2D eigenvalue weighted by Crippen LogP contribution is -2.39. The summed E-state index contributed by atoms with van der Waals surface area (Å²) in [6.07, 6.45) is 1.67. The average Bonchev–Trinajstić information content (AvgIpc) is 3.21. The SMILES string of the molecule is CCOC(=O)C1=C(C)N=c2s/c(=C\c3cc(Br)cc(OC)c3OCC#N)c(=O)n2[C@H]1c1ccc(OCC)cc1. The van der Waals surface area contributed by atoms with E-state index in [2.05, 4.69) is 20.9 Å². The quantitative estimate of drug-likeness (QED) is 0.338. The van der Waals surface area contributed by atoms with Crippen LogP contribution in [0.25, 0.3) is 6.08 Å². The van der Waals surface area contributed by atoms with Crippen molar-refractivity contribution in [1.82, 2.24) is 4.57 Å². The number of halogens is 1. The normalized spacial score (nSPS) is 14.8. The van der Waals surface area contributed by atoms with E-state index in [0.29, 0.717) is 60.1 Å². The summed E-state index contributed by atoms with van der Waals surface area (Å²) in [5, 5.41) is 9.05. The number of ether oxygens (including phenoxy) is 4. The Morgan fingerprint density at radius 3 is 2.59 bits per heavy atom. The molecule has 0 N–H and O–H groups in total. The maximum atomic E-state index is 13.9. The van der Waals surface area contributed by atoms with Crippen LogP contribution in [0.4, 0.5) is 0 Å². The molecule has 4 rings (SSSR count). The van der Waals surface area contributed by atoms with Crippen LogP contribution >= 0.6 is 27.3 Å². The number of methoxy groups -OCH3 is 1. The number of rotatable bonds is 9. The van der Waals surface area contributed by atoms with E-state index in [-0.39, 0.29) is 18.8 Å². The summed E-state index contributed by atoms with van der Waals surface area (Å²) in [5.41, 5.74) is 1.69. The van der Waals surface area contributed by atoms with Gasteiger partial charge in [-0.25, -0.2) is 9.79 Å². The molecule has 1 aliphatic rings. The summed E-state index contributed by atoms with van der Waals surface area (Å²) < 4.78 is 24.6. The second-order valence-corrected chi connectivity index (χ2v) is 10.2. The molecule has 0 amide bonds. The molecule has 202 valence electrons. The lowest BCUT2D eigenvalue weighted by molar-refractivity contribution is -0.139. The van der Waals surface area contributed by atoms with Gasteiger partial charge in [0.15, 0.2) is 22.9 Å². The highest BCUT2D eigenvalue weighted by Crippen LogP contribution is 2.36. The first kappa shape index (κ1) is 28.1. The largest absolute Gasteiger partial charge is 0.494 e. The van der Waals surface area contributed by atoms with Gasteiger partial charge in [-0.15, -0.1) is 0 Å². The topological polar surface area (TPSA) is 112 Å². The van der Waals surface area contributed by atoms with Crippen molar-refractivity contribution in [3.05, 3.63) is 83.0 Å². The molecule has 11 heteroatoms. The van der Waals surface area contributed by atoms with Gasteiger partial charge in [0, 0.05) is 10.0 Å². The van der Waals surface area contributed by atoms with Crippen LogP contribution in [0.15, 0.2) is 61.9 Å². The molecule has 0 spiro atoms. The zero-order valence-corrected chi connectivity index (χ0v) is 24.2. The minimum absolute atomic E-state index is 0.187. The van der Waals surface area contributed by atoms with E-state index in [1.54, 1.807) is 44.2 Å². The second-order valence-electron chi connectivity index (χ2n) is 8.28. The monoisotopic (exact) mass is 611 g/mol. The van der Waals surface area contributed by atoms with Gasteiger partial charge in [0.05, 0.1) is 42.2 Å². The van der Waals surface area contributed by atoms with Crippen LogP contribution < -0.4 is 29.1 Å². The lowest BCUT2D eigenvalue weighted by atomic mass is 9.96. The van der Waals surface area contributed by atoms with Crippen molar-refractivity contribution in [3.63, 3.8) is 0 Å². The van der Waals surface area contributed by atoms with Gasteiger partial charge in [-0.05, 0) is 56.7 Å². The van der Waals surface area contributed by atoms with Gasteiger partial charge < -0.3 is 18.9 Å². The Morgan fingerprint density at radius 2 is 1.95 bits per heavy atom. The summed E-state index contributed by atoms with van der Waals surface area (Å²) in [6, 6.07) is 12.0. The molecule has 3 aromatic rings. The molecule has 1 atom stereocenters. The Balaban J connectivity index is 1.94. The van der Waals surface area contributed by atoms with Gasteiger partial charge in [-0.2, -0.15) is 5.26 Å². The summed E-state index contributed by atoms with van der Waals surface area (Å²) in [5.74, 6) is 0.891. The molecule has 9 nitrogen and oxygen atoms in total. The first-order valence-electron chi connectivity index (χ1n) is 12.1. The van der Waals surface area contributed by atoms with Crippen molar-refractivity contribution in [3.8, 4) is 23.3 Å². The van der Waals surface area contributed by atoms with Crippen molar-refractivity contribution in [2.75, 3.05) is 26.9 Å². The van der Waals surface area contributed by atoms with Crippen LogP contribution in [0.2, 0.25) is 0 Å². The Kier molecular flexibility index (Phi) is 8.89. The van der Waals surface area contributed by atoms with Crippen molar-refractivity contribution in [2.45, 2.75) is 26.8 Å². The predicted octanol–water partition coefficient (Wildman–Crippen LogP) is 3.87. The van der Waals surface area contributed by atoms with Crippen LogP contribution in [0.5, 0.6) is 17.2 Å². The fourth-order valence-corrected chi connectivity index (χ4v) is 5.76. The fraction of sp³-hybridized carbons (Fsp3) is 0.286. The lowest BCUT2D eigenvalue weighted by Gasteiger charge is -2.24. The molecule has 1 aromatic heterocycles. The summed E-state index contributed by atoms with van der Waals surface area (Å²) >= 11 is 4.65. The Hall–Kier alpha value is -3.88. The Morgan fingerprint density at radius 1 is 1.21 bits per heavy atom. The minimum atomic E-state index is -0.746. The molecule has 0 bridgehead atoms. The van der Waals surface area contributed by atoms with Crippen LogP contribution in [0, 0.1) is 11.3 Å². The number of allylic oxidation sites excluding steroid dienone is 1. The third-order valence-corrected chi connectivity index (χ3v) is 7.30. The molecule has 2 aromatic carbocycles. The smallest absolute Gasteiger partial charge is 0.338 e. The standard InChI is InChI=1S/C28H26BrN3O6S/c1-5-36-20-9-7-17(8-10-20)24-23(27(34)37-6-2)16(3)31-28-32(24)26(33)22(39-28)14-18-13-19(29)15-21(35-4)25(18)38-12-11-30/h7-10,13-15,24H,5-6,12H2,1-4H3/b22-14-/t24-/m0/s1. The number of aromatic nitrogens is 1. The number of nitriles is 1. The van der Waals surface area contributed by atoms with Crippen molar-refractivity contribution in [2.24, 2.45) is 4.99 Å². The Bertz CT molecular complexity index is 1650. The number of hydrogen-bond donors (Lipinski definition) is 0. The average molecular weight is 613 g/mol. The van der Waals surface area contributed by atoms with E-state index in [1.807, 2.05) is 25.1 Å². The van der Waals surface area contributed by atoms with Gasteiger partial charge in [0.2, 0.25) is 0 Å². The first-order valence-corrected chi connectivity index (χ1v) is 13.7. The summed E-state index contributed by atoms with van der Waals surface area (Å²) in [6.45, 7) is 5.87. The van der Waals surface area contributed by atoms with Crippen LogP contribution in [0.3, 0.4) is 0 Å². The van der Waals surface area contributed by atoms with Crippen molar-refractivity contribution >= 4 is 39.3 Å². The highest BCUT2D eigenvalue weighted by atomic mass is 79.9. The molecule has 1 aliphatic heterocycles. The van der Waals surface area contributed by atoms with E-state index < -0.39 is 12.0 Å². The van der Waals surface area contributed by atoms with Crippen molar-refractivity contribution < 1.29 is 23.7 Å². The number of esters is 1. The first-order chi connectivity index (χ1) is 18.8. The van der Waals surface area contributed by atoms with Gasteiger partial charge in [0.25, 0.3) is 5.56 Å². The highest BCUT2D eigenvalue weighted by molar-refractivity contribution is 9.10. The molecule has 0 saturated carbocycles. The van der Waals surface area contributed by atoms with E-state index in [9.17, 15) is 9.59 Å². The molecule has 0 aliphatic carbocycles. The van der Waals surface area contributed by atoms with E-state index in [4.69, 9.17) is 24.2 Å². The predicted molar refractivity (Wildman–Crippen MR) is 150 cm³/mol. The zero-order chi connectivity index (χ0) is 28.1. The highest BCUT2D eigenvalue weighted by Gasteiger charge is 2.33. The number of benzene rings is 2. The van der Waals surface area contributed by atoms with Crippen LogP contribution in [-0.4, -0.2) is 37.5 Å². The van der Waals surface area contributed by atoms with E-state index >= 15 is 0 Å². The van der Waals surface area contributed by atoms with Gasteiger partial charge >= 0.3 is 5.97 Å². The minimum Gasteiger partial charge on any atom is -0.494 e. The van der Waals surface area contributed by atoms with E-state index in [0.717, 1.165) is 0 Å². The molecule has 2 heterocycles. The molecule has 0 unspecified atom stereocenters. The number of carbonyl (C=O) groups is 1. The Labute approximate surface area is 237 Å². The molecule has 0 saturated heterocycles. The van der Waals surface area contributed by atoms with Gasteiger partial charge in [0.1, 0.15) is 11.8 Å². The number of hydrogen-bond acceptors (Lipinski definition) is 9. The van der Waals surface area contributed by atoms with Crippen molar-refractivity contribution in [1.29, 1.82) is 5.26 Å². The second kappa shape index (κ2) is 12.3. The van der Waals surface area contributed by atoms with Crippen LogP contribution in [-0.2, 0) is 9.53 Å². The number of fused-ring (bicyclic) bond motifs is 1. The third-order valence-electron chi connectivity index (χ3n) is 5.86. The van der Waals surface area contributed by atoms with Gasteiger partial charge in [-0.3, -0.25) is 9.36 Å². The molecule has 39 heavy (non-hydrogen) atoms. The summed E-state index contributed by atoms with van der Waals surface area (Å²) in [7, 11) is 1.50. The number of nitrogens with zero attached hydrogens (tertiary/aromatic N) is 3. The molecule has 0 fully saturated rings. The summed E-state index contributed by atoms with van der Waals surface area (Å²) in [4.78, 5) is 32.1. The zero-order valence-electron chi connectivity index (χ0n) is 21.8. The number of carbonyl (C=O) groups excluding carboxylic acids is 1. The number of thiazole rings is 1. The van der Waals surface area contributed by atoms with Gasteiger partial charge in [-0.1, -0.05) is 39.4 Å². The van der Waals surface area contributed by atoms with Crippen LogP contribution in [0.1, 0.15) is 37.9 Å². The molecule has 0 radical (unpaired) electrons. The maximum absolute atomic E-state index is 13.9. The molecular formula is C28H26BrN3O6S. The third kappa shape index (κ3) is 5.77. The van der Waals surface area contributed by atoms with E-state index in [1.165, 1.54) is 23.0 Å². The fourth-order valence-electron chi connectivity index (χ4n) is 4.27.